The average molecular weight is 436 g/mol. The lowest BCUT2D eigenvalue weighted by molar-refractivity contribution is -0.158. The second-order valence-electron chi connectivity index (χ2n) is 7.34. The molecule has 1 fully saturated rings. The summed E-state index contributed by atoms with van der Waals surface area (Å²) >= 11 is 7.58. The monoisotopic (exact) mass is 435 g/mol. The molecule has 0 saturated carbocycles. The SMILES string of the molecule is CCOC(=O)[C@]1(Cc2cccc(Cl)c2)CCCN(C(=O)c2ccc(COC)s2)C1. The molecule has 1 saturated heterocycles. The van der Waals surface area contributed by atoms with Crippen LogP contribution in [0.25, 0.3) is 0 Å². The summed E-state index contributed by atoms with van der Waals surface area (Å²) in [7, 11) is 1.63. The number of esters is 1. The molecular formula is C22H26ClNO4S. The maximum Gasteiger partial charge on any atom is 0.314 e. The van der Waals surface area contributed by atoms with E-state index in [1.165, 1.54) is 11.3 Å². The quantitative estimate of drug-likeness (QED) is 0.597. The number of halogens is 1. The van der Waals surface area contributed by atoms with Gasteiger partial charge in [0.2, 0.25) is 0 Å². The average Bonchev–Trinajstić information content (AvgIpc) is 3.17. The van der Waals surface area contributed by atoms with E-state index in [-0.39, 0.29) is 11.9 Å². The van der Waals surface area contributed by atoms with Gasteiger partial charge in [-0.1, -0.05) is 23.7 Å². The van der Waals surface area contributed by atoms with E-state index in [1.807, 2.05) is 36.4 Å². The van der Waals surface area contributed by atoms with Crippen molar-refractivity contribution < 1.29 is 19.1 Å². The van der Waals surface area contributed by atoms with Gasteiger partial charge in [0.25, 0.3) is 5.91 Å². The first-order valence-corrected chi connectivity index (χ1v) is 11.0. The number of ether oxygens (including phenoxy) is 2. The number of amides is 1. The molecule has 0 spiro atoms. The normalized spacial score (nSPS) is 19.2. The summed E-state index contributed by atoms with van der Waals surface area (Å²) in [5.41, 5.74) is 0.208. The summed E-state index contributed by atoms with van der Waals surface area (Å²) in [6.07, 6.45) is 1.93. The van der Waals surface area contributed by atoms with E-state index in [0.29, 0.717) is 49.0 Å². The van der Waals surface area contributed by atoms with Crippen LogP contribution in [0, 0.1) is 5.41 Å². The zero-order valence-electron chi connectivity index (χ0n) is 16.8. The van der Waals surface area contributed by atoms with Crippen molar-refractivity contribution in [1.29, 1.82) is 0 Å². The van der Waals surface area contributed by atoms with Crippen LogP contribution in [-0.4, -0.2) is 43.6 Å². The number of rotatable bonds is 7. The highest BCUT2D eigenvalue weighted by atomic mass is 35.5. The van der Waals surface area contributed by atoms with E-state index >= 15 is 0 Å². The van der Waals surface area contributed by atoms with Crippen LogP contribution >= 0.6 is 22.9 Å². The number of carbonyl (C=O) groups excluding carboxylic acids is 2. The number of piperidine rings is 1. The van der Waals surface area contributed by atoms with Gasteiger partial charge in [0.1, 0.15) is 0 Å². The minimum atomic E-state index is -0.763. The molecule has 1 aromatic carbocycles. The molecule has 7 heteroatoms. The van der Waals surface area contributed by atoms with Crippen molar-refractivity contribution in [2.24, 2.45) is 5.41 Å². The molecule has 0 aliphatic carbocycles. The molecule has 29 heavy (non-hydrogen) atoms. The van der Waals surface area contributed by atoms with Crippen LogP contribution in [0.5, 0.6) is 0 Å². The van der Waals surface area contributed by atoms with Crippen molar-refractivity contribution in [2.75, 3.05) is 26.8 Å². The predicted octanol–water partition coefficient (Wildman–Crippen LogP) is 4.58. The summed E-state index contributed by atoms with van der Waals surface area (Å²) in [6, 6.07) is 11.3. The van der Waals surface area contributed by atoms with E-state index in [0.717, 1.165) is 16.9 Å². The van der Waals surface area contributed by atoms with Crippen LogP contribution in [0.4, 0.5) is 0 Å². The Balaban J connectivity index is 1.84. The van der Waals surface area contributed by atoms with E-state index in [2.05, 4.69) is 0 Å². The number of carbonyl (C=O) groups is 2. The molecule has 156 valence electrons. The van der Waals surface area contributed by atoms with Gasteiger partial charge in [-0.05, 0) is 56.0 Å². The molecule has 1 amide bonds. The number of benzene rings is 1. The van der Waals surface area contributed by atoms with Gasteiger partial charge in [0, 0.05) is 30.1 Å². The van der Waals surface area contributed by atoms with Gasteiger partial charge in [-0.2, -0.15) is 0 Å². The van der Waals surface area contributed by atoms with Gasteiger partial charge in [-0.25, -0.2) is 0 Å². The van der Waals surface area contributed by atoms with Crippen LogP contribution in [0.2, 0.25) is 5.02 Å². The Kier molecular flexibility index (Phi) is 7.33. The Morgan fingerprint density at radius 3 is 2.83 bits per heavy atom. The second-order valence-corrected chi connectivity index (χ2v) is 8.94. The molecule has 5 nitrogen and oxygen atoms in total. The predicted molar refractivity (Wildman–Crippen MR) is 114 cm³/mol. The zero-order valence-corrected chi connectivity index (χ0v) is 18.4. The van der Waals surface area contributed by atoms with Gasteiger partial charge in [0.15, 0.2) is 0 Å². The Morgan fingerprint density at radius 2 is 2.10 bits per heavy atom. The number of thiophene rings is 1. The topological polar surface area (TPSA) is 55.8 Å². The van der Waals surface area contributed by atoms with Crippen LogP contribution in [0.1, 0.15) is 39.9 Å². The summed E-state index contributed by atoms with van der Waals surface area (Å²) in [5, 5.41) is 0.634. The maximum absolute atomic E-state index is 13.1. The fourth-order valence-corrected chi connectivity index (χ4v) is 5.04. The smallest absolute Gasteiger partial charge is 0.314 e. The molecule has 2 aromatic rings. The van der Waals surface area contributed by atoms with Gasteiger partial charge >= 0.3 is 5.97 Å². The maximum atomic E-state index is 13.1. The highest BCUT2D eigenvalue weighted by Gasteiger charge is 2.45. The van der Waals surface area contributed by atoms with Crippen LogP contribution in [0.15, 0.2) is 36.4 Å². The van der Waals surface area contributed by atoms with E-state index < -0.39 is 5.41 Å². The van der Waals surface area contributed by atoms with Crippen LogP contribution < -0.4 is 0 Å². The second kappa shape index (κ2) is 9.74. The van der Waals surface area contributed by atoms with Crippen LogP contribution in [-0.2, 0) is 27.3 Å². The molecule has 0 unspecified atom stereocenters. The lowest BCUT2D eigenvalue weighted by Crippen LogP contribution is -2.51. The van der Waals surface area contributed by atoms with Crippen LogP contribution in [0.3, 0.4) is 0 Å². The highest BCUT2D eigenvalue weighted by Crippen LogP contribution is 2.37. The van der Waals surface area contributed by atoms with E-state index in [9.17, 15) is 9.59 Å². The Bertz CT molecular complexity index is 868. The summed E-state index contributed by atoms with van der Waals surface area (Å²) in [6.45, 7) is 3.58. The molecule has 2 heterocycles. The Hall–Kier alpha value is -1.89. The molecular weight excluding hydrogens is 410 g/mol. The van der Waals surface area contributed by atoms with Gasteiger partial charge in [-0.3, -0.25) is 9.59 Å². The first-order valence-electron chi connectivity index (χ1n) is 9.76. The van der Waals surface area contributed by atoms with E-state index in [1.54, 1.807) is 18.9 Å². The number of hydrogen-bond donors (Lipinski definition) is 0. The van der Waals surface area contributed by atoms with Gasteiger partial charge in [0.05, 0.1) is 23.5 Å². The number of nitrogens with zero attached hydrogens (tertiary/aromatic N) is 1. The van der Waals surface area contributed by atoms with Gasteiger partial charge in [-0.15, -0.1) is 11.3 Å². The number of methoxy groups -OCH3 is 1. The van der Waals surface area contributed by atoms with Crippen molar-refractivity contribution in [3.63, 3.8) is 0 Å². The molecule has 1 aliphatic heterocycles. The molecule has 0 bridgehead atoms. The summed E-state index contributed by atoms with van der Waals surface area (Å²) in [5.74, 6) is -0.291. The largest absolute Gasteiger partial charge is 0.466 e. The first-order chi connectivity index (χ1) is 14.0. The minimum absolute atomic E-state index is 0.0446. The van der Waals surface area contributed by atoms with Gasteiger partial charge < -0.3 is 14.4 Å². The van der Waals surface area contributed by atoms with Crippen molar-refractivity contribution in [1.82, 2.24) is 4.90 Å². The molecule has 1 atom stereocenters. The van der Waals surface area contributed by atoms with Crippen molar-refractivity contribution >= 4 is 34.8 Å². The summed E-state index contributed by atoms with van der Waals surface area (Å²) < 4.78 is 10.6. The fourth-order valence-electron chi connectivity index (χ4n) is 3.88. The molecule has 3 rings (SSSR count). The minimum Gasteiger partial charge on any atom is -0.466 e. The Labute approximate surface area is 180 Å². The molecule has 0 N–H and O–H groups in total. The third-order valence-corrected chi connectivity index (χ3v) is 6.44. The lowest BCUT2D eigenvalue weighted by Gasteiger charge is -2.41. The molecule has 1 aromatic heterocycles. The van der Waals surface area contributed by atoms with Crippen molar-refractivity contribution in [2.45, 2.75) is 32.8 Å². The first kappa shape index (κ1) is 21.8. The number of hydrogen-bond acceptors (Lipinski definition) is 5. The third-order valence-electron chi connectivity index (χ3n) is 5.16. The fraction of sp³-hybridized carbons (Fsp3) is 0.455. The van der Waals surface area contributed by atoms with Crippen molar-refractivity contribution in [3.8, 4) is 0 Å². The highest BCUT2D eigenvalue weighted by molar-refractivity contribution is 7.14. The Morgan fingerprint density at radius 1 is 1.28 bits per heavy atom. The lowest BCUT2D eigenvalue weighted by atomic mass is 9.75. The summed E-state index contributed by atoms with van der Waals surface area (Å²) in [4.78, 5) is 29.6. The molecule has 1 aliphatic rings. The standard InChI is InChI=1S/C22H26ClNO4S/c1-3-28-21(26)22(13-16-6-4-7-17(23)12-16)10-5-11-24(15-22)20(25)19-9-8-18(29-19)14-27-2/h4,6-9,12H,3,5,10-11,13-15H2,1-2H3/t22-/m0/s1. The number of likely N-dealkylation sites (tertiary alicyclic amines) is 1. The van der Waals surface area contributed by atoms with E-state index in [4.69, 9.17) is 21.1 Å². The third kappa shape index (κ3) is 5.18. The molecule has 0 radical (unpaired) electrons. The zero-order chi connectivity index (χ0) is 20.9. The van der Waals surface area contributed by atoms with Crippen molar-refractivity contribution in [3.05, 3.63) is 56.7 Å².